The quantitative estimate of drug-likeness (QED) is 0.685. The minimum atomic E-state index is -1.15. The number of hydrogen-bond donors (Lipinski definition) is 1. The van der Waals surface area contributed by atoms with Gasteiger partial charge in [0, 0.05) is 20.2 Å². The molecule has 9 nitrogen and oxygen atoms in total. The number of fused-ring (bicyclic) bond motifs is 1. The van der Waals surface area contributed by atoms with E-state index in [1.807, 2.05) is 0 Å². The Labute approximate surface area is 162 Å². The van der Waals surface area contributed by atoms with Gasteiger partial charge in [-0.05, 0) is 13.0 Å². The summed E-state index contributed by atoms with van der Waals surface area (Å²) in [7, 11) is 3.11. The number of carboxylic acids is 1. The fraction of sp³-hybridized carbons (Fsp3) is 0.250. The van der Waals surface area contributed by atoms with Gasteiger partial charge in [-0.25, -0.2) is 14.2 Å². The molecule has 0 saturated carbocycles. The number of benzene rings is 1. The second-order valence-corrected chi connectivity index (χ2v) is 6.49. The van der Waals surface area contributed by atoms with Crippen LogP contribution < -0.4 is 15.0 Å². The van der Waals surface area contributed by atoms with Crippen LogP contribution in [0.4, 0.5) is 0 Å². The van der Waals surface area contributed by atoms with Crippen LogP contribution in [0.2, 0.25) is 10.0 Å². The second-order valence-electron chi connectivity index (χ2n) is 5.68. The van der Waals surface area contributed by atoms with E-state index in [-0.39, 0.29) is 38.5 Å². The van der Waals surface area contributed by atoms with E-state index in [1.165, 1.54) is 37.0 Å². The molecule has 3 aromatic rings. The van der Waals surface area contributed by atoms with E-state index in [2.05, 4.69) is 10.2 Å². The monoisotopic (exact) mass is 412 g/mol. The normalized spacial score (nSPS) is 12.2. The lowest BCUT2D eigenvalue weighted by Gasteiger charge is -2.14. The molecule has 142 valence electrons. The van der Waals surface area contributed by atoms with Crippen LogP contribution in [-0.4, -0.2) is 36.7 Å². The molecule has 0 unspecified atom stereocenters. The number of aromatic nitrogens is 4. The maximum absolute atomic E-state index is 12.1. The lowest BCUT2D eigenvalue weighted by atomic mass is 10.3. The van der Waals surface area contributed by atoms with E-state index in [4.69, 9.17) is 37.8 Å². The van der Waals surface area contributed by atoms with E-state index in [9.17, 15) is 9.59 Å². The number of rotatable bonds is 5. The molecule has 11 heteroatoms. The molecule has 0 aliphatic rings. The SMILES string of the molecule is C[C@H](Oc1cc(Oc2c3cnn(C)c(=O)c3nn2C)c(Cl)cc1Cl)C(=O)O. The van der Waals surface area contributed by atoms with E-state index < -0.39 is 12.1 Å². The maximum Gasteiger partial charge on any atom is 0.344 e. The van der Waals surface area contributed by atoms with Crippen molar-refractivity contribution in [1.82, 2.24) is 19.6 Å². The Kier molecular flexibility index (Phi) is 4.99. The van der Waals surface area contributed by atoms with Crippen LogP contribution in [0.1, 0.15) is 6.92 Å². The van der Waals surface area contributed by atoms with Crippen LogP contribution >= 0.6 is 23.2 Å². The van der Waals surface area contributed by atoms with Crippen molar-refractivity contribution in [3.05, 3.63) is 38.7 Å². The third-order valence-electron chi connectivity index (χ3n) is 3.73. The molecular weight excluding hydrogens is 399 g/mol. The minimum absolute atomic E-state index is 0.0893. The Morgan fingerprint density at radius 1 is 1.19 bits per heavy atom. The Bertz CT molecular complexity index is 1110. The van der Waals surface area contributed by atoms with Gasteiger partial charge in [-0.3, -0.25) is 4.79 Å². The number of aliphatic carboxylic acids is 1. The highest BCUT2D eigenvalue weighted by molar-refractivity contribution is 6.36. The van der Waals surface area contributed by atoms with Crippen molar-refractivity contribution in [1.29, 1.82) is 0 Å². The number of carbonyl (C=O) groups is 1. The van der Waals surface area contributed by atoms with Crippen molar-refractivity contribution in [3.8, 4) is 17.4 Å². The summed E-state index contributed by atoms with van der Waals surface area (Å²) in [5.74, 6) is -0.676. The average molecular weight is 413 g/mol. The Balaban J connectivity index is 2.05. The van der Waals surface area contributed by atoms with E-state index >= 15 is 0 Å². The van der Waals surface area contributed by atoms with Crippen molar-refractivity contribution < 1.29 is 19.4 Å². The van der Waals surface area contributed by atoms with Crippen molar-refractivity contribution in [2.24, 2.45) is 14.1 Å². The number of ether oxygens (including phenoxy) is 2. The topological polar surface area (TPSA) is 108 Å². The van der Waals surface area contributed by atoms with Crippen LogP contribution in [0.15, 0.2) is 23.1 Å². The molecular formula is C16H14Cl2N4O5. The molecule has 0 saturated heterocycles. The first kappa shape index (κ1) is 19.0. The van der Waals surface area contributed by atoms with E-state index in [1.54, 1.807) is 7.05 Å². The molecule has 1 N–H and O–H groups in total. The standard InChI is InChI=1S/C16H14Cl2N4O5/c1-7(16(24)25)26-11-5-12(10(18)4-9(11)17)27-15-8-6-19-21(2)14(23)13(8)20-22(15)3/h4-7H,1-3H3,(H,24,25)/t7-/m0/s1. The molecule has 1 atom stereocenters. The summed E-state index contributed by atoms with van der Waals surface area (Å²) in [5.41, 5.74) is -0.189. The molecule has 0 aliphatic carbocycles. The molecule has 0 bridgehead atoms. The highest BCUT2D eigenvalue weighted by atomic mass is 35.5. The predicted molar refractivity (Wildman–Crippen MR) is 98.0 cm³/mol. The molecule has 0 amide bonds. The number of hydrogen-bond acceptors (Lipinski definition) is 6. The van der Waals surface area contributed by atoms with Gasteiger partial charge in [0.1, 0.15) is 5.75 Å². The Morgan fingerprint density at radius 2 is 1.85 bits per heavy atom. The lowest BCUT2D eigenvalue weighted by molar-refractivity contribution is -0.144. The summed E-state index contributed by atoms with van der Waals surface area (Å²) >= 11 is 12.3. The molecule has 3 rings (SSSR count). The van der Waals surface area contributed by atoms with Crippen LogP contribution in [0.3, 0.4) is 0 Å². The zero-order valence-corrected chi connectivity index (χ0v) is 15.9. The van der Waals surface area contributed by atoms with Gasteiger partial charge in [0.2, 0.25) is 5.88 Å². The zero-order valence-electron chi connectivity index (χ0n) is 14.4. The molecule has 27 heavy (non-hydrogen) atoms. The van der Waals surface area contributed by atoms with Gasteiger partial charge in [-0.2, -0.15) is 10.2 Å². The van der Waals surface area contributed by atoms with Gasteiger partial charge in [0.15, 0.2) is 17.4 Å². The Hall–Kier alpha value is -2.78. The Morgan fingerprint density at radius 3 is 2.52 bits per heavy atom. The summed E-state index contributed by atoms with van der Waals surface area (Å²) in [5, 5.41) is 17.8. The number of nitrogens with zero attached hydrogens (tertiary/aromatic N) is 4. The van der Waals surface area contributed by atoms with E-state index in [0.717, 1.165) is 4.68 Å². The average Bonchev–Trinajstić information content (AvgIpc) is 2.91. The lowest BCUT2D eigenvalue weighted by Crippen LogP contribution is -2.23. The summed E-state index contributed by atoms with van der Waals surface area (Å²) in [4.78, 5) is 23.1. The fourth-order valence-corrected chi connectivity index (χ4v) is 2.76. The third-order valence-corrected chi connectivity index (χ3v) is 4.32. The fourth-order valence-electron chi connectivity index (χ4n) is 2.29. The summed E-state index contributed by atoms with van der Waals surface area (Å²) in [6.45, 7) is 1.36. The smallest absolute Gasteiger partial charge is 0.344 e. The number of carboxylic acid groups (broad SMARTS) is 1. The van der Waals surface area contributed by atoms with E-state index in [0.29, 0.717) is 5.39 Å². The van der Waals surface area contributed by atoms with Gasteiger partial charge in [-0.15, -0.1) is 0 Å². The van der Waals surface area contributed by atoms with Crippen LogP contribution in [0.25, 0.3) is 10.9 Å². The number of halogens is 2. The number of aryl methyl sites for hydroxylation is 2. The molecule has 1 aromatic carbocycles. The summed E-state index contributed by atoms with van der Waals surface area (Å²) < 4.78 is 13.7. The largest absolute Gasteiger partial charge is 0.479 e. The molecule has 2 heterocycles. The first-order valence-corrected chi connectivity index (χ1v) is 8.40. The molecule has 2 aromatic heterocycles. The summed E-state index contributed by atoms with van der Waals surface area (Å²) in [6.07, 6.45) is 0.327. The molecule has 0 fully saturated rings. The summed E-state index contributed by atoms with van der Waals surface area (Å²) in [6, 6.07) is 2.75. The highest BCUT2D eigenvalue weighted by Crippen LogP contribution is 2.39. The van der Waals surface area contributed by atoms with Crippen molar-refractivity contribution in [3.63, 3.8) is 0 Å². The van der Waals surface area contributed by atoms with Crippen LogP contribution in [0, 0.1) is 0 Å². The van der Waals surface area contributed by atoms with Gasteiger partial charge >= 0.3 is 5.97 Å². The second kappa shape index (κ2) is 7.09. The van der Waals surface area contributed by atoms with Gasteiger partial charge < -0.3 is 14.6 Å². The zero-order chi connectivity index (χ0) is 19.9. The van der Waals surface area contributed by atoms with Crippen LogP contribution in [0.5, 0.6) is 17.4 Å². The minimum Gasteiger partial charge on any atom is -0.479 e. The first-order chi connectivity index (χ1) is 12.7. The van der Waals surface area contributed by atoms with Gasteiger partial charge in [-0.1, -0.05) is 23.2 Å². The van der Waals surface area contributed by atoms with Gasteiger partial charge in [0.25, 0.3) is 5.56 Å². The van der Waals surface area contributed by atoms with Crippen molar-refractivity contribution in [2.75, 3.05) is 0 Å². The molecule has 0 radical (unpaired) electrons. The third kappa shape index (κ3) is 3.56. The highest BCUT2D eigenvalue weighted by Gasteiger charge is 2.20. The predicted octanol–water partition coefficient (Wildman–Crippen LogP) is 2.62. The maximum atomic E-state index is 12.1. The molecule has 0 aliphatic heterocycles. The van der Waals surface area contributed by atoms with Crippen molar-refractivity contribution in [2.45, 2.75) is 13.0 Å². The van der Waals surface area contributed by atoms with Crippen molar-refractivity contribution >= 4 is 40.1 Å². The first-order valence-electron chi connectivity index (χ1n) is 7.64. The van der Waals surface area contributed by atoms with Crippen LogP contribution in [-0.2, 0) is 18.9 Å². The molecule has 0 spiro atoms. The van der Waals surface area contributed by atoms with Gasteiger partial charge in [0.05, 0.1) is 21.6 Å².